The number of hydrogen-bond donors (Lipinski definition) is 2. The molecule has 0 radical (unpaired) electrons. The number of benzene rings is 1. The van der Waals surface area contributed by atoms with E-state index in [1.54, 1.807) is 0 Å². The maximum atomic E-state index is 12.2. The first-order chi connectivity index (χ1) is 12.0. The Kier molecular flexibility index (Phi) is 5.38. The Balaban J connectivity index is 1.68. The first-order valence-corrected chi connectivity index (χ1v) is 8.76. The van der Waals surface area contributed by atoms with Crippen molar-refractivity contribution in [1.82, 2.24) is 15.6 Å². The molecule has 2 atom stereocenters. The average molecular weight is 342 g/mol. The summed E-state index contributed by atoms with van der Waals surface area (Å²) in [6.07, 6.45) is 2.19. The number of rotatable bonds is 5. The van der Waals surface area contributed by atoms with Gasteiger partial charge in [0.05, 0.1) is 17.7 Å². The lowest BCUT2D eigenvalue weighted by atomic mass is 10.1. The molecule has 25 heavy (non-hydrogen) atoms. The van der Waals surface area contributed by atoms with Crippen molar-refractivity contribution < 1.29 is 9.53 Å². The van der Waals surface area contributed by atoms with Gasteiger partial charge in [0.25, 0.3) is 0 Å². The number of nitrogens with one attached hydrogen (secondary N) is 2. The van der Waals surface area contributed by atoms with Gasteiger partial charge in [0.2, 0.25) is 0 Å². The van der Waals surface area contributed by atoms with Crippen LogP contribution in [0.5, 0.6) is 0 Å². The van der Waals surface area contributed by atoms with E-state index < -0.39 is 0 Å². The van der Waals surface area contributed by atoms with E-state index in [0.717, 1.165) is 41.7 Å². The van der Waals surface area contributed by atoms with Gasteiger partial charge in [-0.1, -0.05) is 18.2 Å². The molecule has 0 aliphatic carbocycles. The van der Waals surface area contributed by atoms with Crippen LogP contribution in [0.3, 0.4) is 0 Å². The Hall–Kier alpha value is -2.34. The molecule has 2 heterocycles. The molecule has 0 bridgehead atoms. The molecule has 0 unspecified atom stereocenters. The number of amides is 2. The second kappa shape index (κ2) is 7.70. The molecule has 1 aromatic carbocycles. The zero-order chi connectivity index (χ0) is 17.8. The Bertz CT molecular complexity index is 741. The monoisotopic (exact) mass is 342 g/mol. The van der Waals surface area contributed by atoms with Gasteiger partial charge in [-0.2, -0.15) is 0 Å². The Morgan fingerprint density at radius 3 is 2.92 bits per heavy atom. The van der Waals surface area contributed by atoms with E-state index in [9.17, 15) is 4.79 Å². The van der Waals surface area contributed by atoms with Crippen LogP contribution < -0.4 is 15.5 Å². The van der Waals surface area contributed by atoms with Crippen LogP contribution in [-0.4, -0.2) is 43.9 Å². The topological polar surface area (TPSA) is 66.5 Å². The van der Waals surface area contributed by atoms with Crippen LogP contribution in [0.25, 0.3) is 10.9 Å². The SMILES string of the molecule is C[C@@H](NC(=O)NCc1cc(N(C)C)nc2ccccc12)[C@@H]1CCCO1. The maximum absolute atomic E-state index is 12.2. The molecule has 2 amide bonds. The minimum absolute atomic E-state index is 0.00835. The average Bonchev–Trinajstić information content (AvgIpc) is 3.14. The fourth-order valence-electron chi connectivity index (χ4n) is 3.13. The van der Waals surface area contributed by atoms with E-state index in [0.29, 0.717) is 6.54 Å². The fourth-order valence-corrected chi connectivity index (χ4v) is 3.13. The number of aromatic nitrogens is 1. The molecule has 3 rings (SSSR count). The van der Waals surface area contributed by atoms with Gasteiger partial charge in [-0.25, -0.2) is 9.78 Å². The van der Waals surface area contributed by atoms with E-state index in [1.165, 1.54) is 0 Å². The molecule has 1 aromatic heterocycles. The van der Waals surface area contributed by atoms with Crippen LogP contribution >= 0.6 is 0 Å². The van der Waals surface area contributed by atoms with E-state index in [4.69, 9.17) is 4.74 Å². The standard InChI is InChI=1S/C19H26N4O2/c1-13(17-9-6-10-25-17)21-19(24)20-12-14-11-18(23(2)3)22-16-8-5-4-7-15(14)16/h4-5,7-8,11,13,17H,6,9-10,12H2,1-3H3,(H2,20,21,24)/t13-,17+/m1/s1. The zero-order valence-corrected chi connectivity index (χ0v) is 15.1. The van der Waals surface area contributed by atoms with Crippen molar-refractivity contribution in [3.05, 3.63) is 35.9 Å². The highest BCUT2D eigenvalue weighted by Gasteiger charge is 2.23. The van der Waals surface area contributed by atoms with Crippen molar-refractivity contribution in [2.24, 2.45) is 0 Å². The molecule has 1 aliphatic heterocycles. The molecule has 1 fully saturated rings. The van der Waals surface area contributed by atoms with Gasteiger partial charge in [-0.15, -0.1) is 0 Å². The highest BCUT2D eigenvalue weighted by Crippen LogP contribution is 2.22. The quantitative estimate of drug-likeness (QED) is 0.877. The van der Waals surface area contributed by atoms with E-state index in [1.807, 2.05) is 56.3 Å². The Morgan fingerprint density at radius 1 is 1.40 bits per heavy atom. The van der Waals surface area contributed by atoms with Crippen LogP contribution in [0.1, 0.15) is 25.3 Å². The third kappa shape index (κ3) is 4.20. The molecular formula is C19H26N4O2. The molecule has 1 aliphatic rings. The number of fused-ring (bicyclic) bond motifs is 1. The zero-order valence-electron chi connectivity index (χ0n) is 15.1. The normalized spacial score (nSPS) is 18.1. The third-order valence-electron chi connectivity index (χ3n) is 4.57. The van der Waals surface area contributed by atoms with E-state index in [-0.39, 0.29) is 18.2 Å². The molecule has 0 spiro atoms. The number of anilines is 1. The van der Waals surface area contributed by atoms with Crippen molar-refractivity contribution in [2.45, 2.75) is 38.5 Å². The summed E-state index contributed by atoms with van der Waals surface area (Å²) in [5, 5.41) is 6.99. The summed E-state index contributed by atoms with van der Waals surface area (Å²) in [5.74, 6) is 0.878. The van der Waals surface area contributed by atoms with Crippen LogP contribution in [-0.2, 0) is 11.3 Å². The molecule has 1 saturated heterocycles. The number of carbonyl (C=O) groups excluding carboxylic acids is 1. The number of ether oxygens (including phenoxy) is 1. The van der Waals surface area contributed by atoms with Crippen LogP contribution in [0.4, 0.5) is 10.6 Å². The summed E-state index contributed by atoms with van der Waals surface area (Å²) in [5.41, 5.74) is 1.98. The van der Waals surface area contributed by atoms with Crippen LogP contribution in [0, 0.1) is 0 Å². The summed E-state index contributed by atoms with van der Waals surface area (Å²) in [7, 11) is 3.93. The molecule has 0 saturated carbocycles. The number of carbonyl (C=O) groups is 1. The van der Waals surface area contributed by atoms with E-state index >= 15 is 0 Å². The van der Waals surface area contributed by atoms with Crippen molar-refractivity contribution >= 4 is 22.8 Å². The highest BCUT2D eigenvalue weighted by atomic mass is 16.5. The molecule has 2 N–H and O–H groups in total. The molecular weight excluding hydrogens is 316 g/mol. The number of urea groups is 1. The second-order valence-corrected chi connectivity index (χ2v) is 6.72. The number of para-hydroxylation sites is 1. The maximum Gasteiger partial charge on any atom is 0.315 e. The summed E-state index contributed by atoms with van der Waals surface area (Å²) in [6.45, 7) is 3.23. The number of pyridine rings is 1. The first kappa shape index (κ1) is 17.5. The minimum atomic E-state index is -0.171. The summed E-state index contributed by atoms with van der Waals surface area (Å²) >= 11 is 0. The molecule has 2 aromatic rings. The van der Waals surface area contributed by atoms with Crippen molar-refractivity contribution in [2.75, 3.05) is 25.6 Å². The van der Waals surface area contributed by atoms with Crippen LogP contribution in [0.2, 0.25) is 0 Å². The smallest absolute Gasteiger partial charge is 0.315 e. The van der Waals surface area contributed by atoms with Gasteiger partial charge in [-0.3, -0.25) is 0 Å². The predicted molar refractivity (Wildman–Crippen MR) is 99.9 cm³/mol. The predicted octanol–water partition coefficient (Wildman–Crippen LogP) is 2.67. The van der Waals surface area contributed by atoms with Crippen molar-refractivity contribution in [3.63, 3.8) is 0 Å². The van der Waals surface area contributed by atoms with Gasteiger partial charge < -0.3 is 20.3 Å². The Morgan fingerprint density at radius 2 is 2.20 bits per heavy atom. The molecule has 6 heteroatoms. The lowest BCUT2D eigenvalue weighted by molar-refractivity contribution is 0.0860. The van der Waals surface area contributed by atoms with Crippen LogP contribution in [0.15, 0.2) is 30.3 Å². The van der Waals surface area contributed by atoms with Gasteiger partial charge in [-0.05, 0) is 37.5 Å². The van der Waals surface area contributed by atoms with Crippen molar-refractivity contribution in [1.29, 1.82) is 0 Å². The third-order valence-corrected chi connectivity index (χ3v) is 4.57. The summed E-state index contributed by atoms with van der Waals surface area (Å²) < 4.78 is 5.62. The minimum Gasteiger partial charge on any atom is -0.376 e. The Labute approximate surface area is 148 Å². The second-order valence-electron chi connectivity index (χ2n) is 6.72. The van der Waals surface area contributed by atoms with Gasteiger partial charge in [0.15, 0.2) is 0 Å². The van der Waals surface area contributed by atoms with Gasteiger partial charge >= 0.3 is 6.03 Å². The summed E-state index contributed by atoms with van der Waals surface area (Å²) in [4.78, 5) is 18.8. The lowest BCUT2D eigenvalue weighted by Crippen LogP contribution is -2.45. The lowest BCUT2D eigenvalue weighted by Gasteiger charge is -2.20. The van der Waals surface area contributed by atoms with E-state index in [2.05, 4.69) is 15.6 Å². The molecule has 134 valence electrons. The molecule has 6 nitrogen and oxygen atoms in total. The largest absolute Gasteiger partial charge is 0.376 e. The van der Waals surface area contributed by atoms with Crippen molar-refractivity contribution in [3.8, 4) is 0 Å². The highest BCUT2D eigenvalue weighted by molar-refractivity contribution is 5.84. The summed E-state index contributed by atoms with van der Waals surface area (Å²) in [6, 6.07) is 9.84. The number of nitrogens with zero attached hydrogens (tertiary/aromatic N) is 2. The fraction of sp³-hybridized carbons (Fsp3) is 0.474. The number of hydrogen-bond acceptors (Lipinski definition) is 4. The van der Waals surface area contributed by atoms with Gasteiger partial charge in [0.1, 0.15) is 5.82 Å². The first-order valence-electron chi connectivity index (χ1n) is 8.76. The van der Waals surface area contributed by atoms with Gasteiger partial charge in [0, 0.05) is 32.6 Å².